The molecule has 4 aromatic rings. The molecule has 8 nitrogen and oxygen atoms in total. The fourth-order valence-corrected chi connectivity index (χ4v) is 3.67. The molecule has 0 atom stereocenters. The van der Waals surface area contributed by atoms with Crippen molar-refractivity contribution in [2.45, 2.75) is 33.8 Å². The van der Waals surface area contributed by atoms with E-state index >= 15 is 0 Å². The molecule has 0 saturated heterocycles. The Balaban J connectivity index is 1.37. The van der Waals surface area contributed by atoms with E-state index < -0.39 is 0 Å². The van der Waals surface area contributed by atoms with E-state index in [0.717, 1.165) is 27.8 Å². The van der Waals surface area contributed by atoms with E-state index in [-0.39, 0.29) is 19.0 Å². The van der Waals surface area contributed by atoms with Gasteiger partial charge in [-0.25, -0.2) is 14.5 Å². The Bertz CT molecular complexity index is 1170. The Labute approximate surface area is 171 Å². The Hall–Kier alpha value is -3.33. The van der Waals surface area contributed by atoms with Gasteiger partial charge in [0.05, 0.1) is 12.1 Å². The third kappa shape index (κ3) is 4.24. The second kappa shape index (κ2) is 7.96. The number of aryl methyl sites for hydroxylation is 3. The molecular formula is C20H20N6O2S. The molecule has 0 aliphatic rings. The minimum absolute atomic E-state index is 0.124. The van der Waals surface area contributed by atoms with Crippen LogP contribution in [0.25, 0.3) is 5.78 Å². The predicted octanol–water partition coefficient (Wildman–Crippen LogP) is 3.54. The zero-order chi connectivity index (χ0) is 20.4. The molecule has 1 aromatic carbocycles. The monoisotopic (exact) mass is 408 g/mol. The molecule has 0 radical (unpaired) electrons. The number of nitrogens with zero attached hydrogens (tertiary/aromatic N) is 5. The number of fused-ring (bicyclic) bond motifs is 1. The number of rotatable bonds is 6. The number of thiazole rings is 1. The zero-order valence-corrected chi connectivity index (χ0v) is 17.2. The summed E-state index contributed by atoms with van der Waals surface area (Å²) >= 11 is 1.47. The van der Waals surface area contributed by atoms with Gasteiger partial charge in [0.25, 0.3) is 5.78 Å². The van der Waals surface area contributed by atoms with E-state index in [0.29, 0.717) is 11.5 Å². The molecule has 0 bridgehead atoms. The fourth-order valence-electron chi connectivity index (χ4n) is 2.95. The van der Waals surface area contributed by atoms with Crippen LogP contribution in [0, 0.1) is 20.8 Å². The first-order valence-corrected chi connectivity index (χ1v) is 9.97. The fraction of sp³-hybridized carbons (Fsp3) is 0.250. The van der Waals surface area contributed by atoms with Crippen molar-refractivity contribution in [3.05, 3.63) is 64.2 Å². The molecule has 3 aromatic heterocycles. The number of benzene rings is 1. The van der Waals surface area contributed by atoms with Gasteiger partial charge in [-0.05, 0) is 32.9 Å². The number of aromatic nitrogens is 5. The quantitative estimate of drug-likeness (QED) is 0.488. The highest BCUT2D eigenvalue weighted by atomic mass is 32.1. The Morgan fingerprint density at radius 2 is 1.97 bits per heavy atom. The lowest BCUT2D eigenvalue weighted by atomic mass is 10.1. The SMILES string of the molecule is Cc1ccc(Nc2nc(COC(=O)Cc3c(C)nc4ncnn4c3C)cs2)cc1. The lowest BCUT2D eigenvalue weighted by Crippen LogP contribution is -2.13. The number of hydrogen-bond donors (Lipinski definition) is 1. The number of esters is 1. The van der Waals surface area contributed by atoms with Crippen LogP contribution < -0.4 is 5.32 Å². The second-order valence-electron chi connectivity index (χ2n) is 6.71. The van der Waals surface area contributed by atoms with E-state index in [1.165, 1.54) is 23.2 Å². The van der Waals surface area contributed by atoms with Gasteiger partial charge in [-0.1, -0.05) is 17.7 Å². The molecule has 29 heavy (non-hydrogen) atoms. The number of carbonyl (C=O) groups excluding carboxylic acids is 1. The Morgan fingerprint density at radius 3 is 2.76 bits per heavy atom. The maximum Gasteiger partial charge on any atom is 0.310 e. The molecule has 3 heterocycles. The van der Waals surface area contributed by atoms with Crippen molar-refractivity contribution in [2.75, 3.05) is 5.32 Å². The van der Waals surface area contributed by atoms with Crippen LogP contribution in [0.3, 0.4) is 0 Å². The zero-order valence-electron chi connectivity index (χ0n) is 16.3. The van der Waals surface area contributed by atoms with Gasteiger partial charge in [0.2, 0.25) is 0 Å². The summed E-state index contributed by atoms with van der Waals surface area (Å²) in [5.41, 5.74) is 5.25. The lowest BCUT2D eigenvalue weighted by molar-refractivity contribution is -0.144. The van der Waals surface area contributed by atoms with Crippen LogP contribution >= 0.6 is 11.3 Å². The first-order valence-electron chi connectivity index (χ1n) is 9.09. The Morgan fingerprint density at radius 1 is 1.17 bits per heavy atom. The van der Waals surface area contributed by atoms with Gasteiger partial charge in [0, 0.05) is 28.0 Å². The third-order valence-electron chi connectivity index (χ3n) is 4.55. The molecule has 9 heteroatoms. The van der Waals surface area contributed by atoms with Gasteiger partial charge in [0.15, 0.2) is 5.13 Å². The molecule has 0 spiro atoms. The van der Waals surface area contributed by atoms with Crippen molar-refractivity contribution in [1.82, 2.24) is 24.6 Å². The summed E-state index contributed by atoms with van der Waals surface area (Å²) < 4.78 is 7.04. The standard InChI is InChI=1S/C20H20N6O2S/c1-12-4-6-15(7-5-12)24-20-25-16(10-29-20)9-28-18(27)8-17-13(2)23-19-21-11-22-26(19)14(17)3/h4-7,10-11H,8-9H2,1-3H3,(H,24,25). The average molecular weight is 408 g/mol. The van der Waals surface area contributed by atoms with Crippen LogP contribution in [0.5, 0.6) is 0 Å². The number of carbonyl (C=O) groups is 1. The number of ether oxygens (including phenoxy) is 1. The normalized spacial score (nSPS) is 11.0. The van der Waals surface area contributed by atoms with Gasteiger partial charge >= 0.3 is 5.97 Å². The summed E-state index contributed by atoms with van der Waals surface area (Å²) in [6.07, 6.45) is 1.57. The Kier molecular flexibility index (Phi) is 5.22. The molecule has 0 amide bonds. The summed E-state index contributed by atoms with van der Waals surface area (Å²) in [4.78, 5) is 25.3. The number of nitrogens with one attached hydrogen (secondary N) is 1. The van der Waals surface area contributed by atoms with Crippen LogP contribution in [0.15, 0.2) is 36.0 Å². The minimum atomic E-state index is -0.335. The van der Waals surface area contributed by atoms with Crippen LogP contribution in [-0.2, 0) is 22.6 Å². The largest absolute Gasteiger partial charge is 0.459 e. The van der Waals surface area contributed by atoms with E-state index in [9.17, 15) is 4.79 Å². The third-order valence-corrected chi connectivity index (χ3v) is 5.35. The van der Waals surface area contributed by atoms with E-state index in [4.69, 9.17) is 4.74 Å². The molecule has 148 valence electrons. The highest BCUT2D eigenvalue weighted by Crippen LogP contribution is 2.22. The lowest BCUT2D eigenvalue weighted by Gasteiger charge is -2.10. The maximum absolute atomic E-state index is 12.4. The van der Waals surface area contributed by atoms with E-state index in [1.54, 1.807) is 4.52 Å². The summed E-state index contributed by atoms with van der Waals surface area (Å²) in [6, 6.07) is 8.07. The molecule has 0 fully saturated rings. The maximum atomic E-state index is 12.4. The van der Waals surface area contributed by atoms with Crippen LogP contribution in [0.4, 0.5) is 10.8 Å². The smallest absolute Gasteiger partial charge is 0.310 e. The minimum Gasteiger partial charge on any atom is -0.459 e. The highest BCUT2D eigenvalue weighted by molar-refractivity contribution is 7.13. The highest BCUT2D eigenvalue weighted by Gasteiger charge is 2.15. The molecule has 0 saturated carbocycles. The summed E-state index contributed by atoms with van der Waals surface area (Å²) in [5, 5.41) is 10.0. The number of anilines is 2. The van der Waals surface area contributed by atoms with E-state index in [2.05, 4.69) is 25.4 Å². The van der Waals surface area contributed by atoms with Crippen molar-refractivity contribution in [3.8, 4) is 0 Å². The summed E-state index contributed by atoms with van der Waals surface area (Å²) in [7, 11) is 0. The molecule has 0 unspecified atom stereocenters. The van der Waals surface area contributed by atoms with Gasteiger partial charge in [-0.2, -0.15) is 10.1 Å². The van der Waals surface area contributed by atoms with Crippen LogP contribution in [0.1, 0.15) is 28.2 Å². The van der Waals surface area contributed by atoms with Gasteiger partial charge in [-0.15, -0.1) is 11.3 Å². The van der Waals surface area contributed by atoms with Gasteiger partial charge in [-0.3, -0.25) is 4.79 Å². The topological polar surface area (TPSA) is 94.3 Å². The second-order valence-corrected chi connectivity index (χ2v) is 7.56. The predicted molar refractivity (Wildman–Crippen MR) is 110 cm³/mol. The summed E-state index contributed by atoms with van der Waals surface area (Å²) in [5.74, 6) is 0.187. The van der Waals surface area contributed by atoms with E-state index in [1.807, 2.05) is 50.4 Å². The van der Waals surface area contributed by atoms with Crippen molar-refractivity contribution in [2.24, 2.45) is 0 Å². The van der Waals surface area contributed by atoms with Crippen molar-refractivity contribution < 1.29 is 9.53 Å². The number of hydrogen-bond acceptors (Lipinski definition) is 8. The molecule has 4 rings (SSSR count). The van der Waals surface area contributed by atoms with Crippen molar-refractivity contribution in [3.63, 3.8) is 0 Å². The molecule has 0 aliphatic heterocycles. The van der Waals surface area contributed by atoms with Crippen molar-refractivity contribution >= 4 is 33.9 Å². The van der Waals surface area contributed by atoms with Crippen molar-refractivity contribution in [1.29, 1.82) is 0 Å². The first-order chi connectivity index (χ1) is 14.0. The van der Waals surface area contributed by atoms with Gasteiger partial charge < -0.3 is 10.1 Å². The average Bonchev–Trinajstić information content (AvgIpc) is 3.35. The van der Waals surface area contributed by atoms with Crippen LogP contribution in [0.2, 0.25) is 0 Å². The van der Waals surface area contributed by atoms with Crippen LogP contribution in [-0.4, -0.2) is 30.5 Å². The molecular weight excluding hydrogens is 388 g/mol. The first kappa shape index (κ1) is 19.0. The molecule has 1 N–H and O–H groups in total. The summed E-state index contributed by atoms with van der Waals surface area (Å²) in [6.45, 7) is 5.92. The molecule has 0 aliphatic carbocycles. The van der Waals surface area contributed by atoms with Gasteiger partial charge in [0.1, 0.15) is 12.9 Å².